The van der Waals surface area contributed by atoms with Crippen LogP contribution >= 0.6 is 0 Å². The Morgan fingerprint density at radius 1 is 1.03 bits per heavy atom. The average Bonchev–Trinajstić information content (AvgIpc) is 3.39. The summed E-state index contributed by atoms with van der Waals surface area (Å²) in [6, 6.07) is 16.7. The Morgan fingerprint density at radius 3 is 2.52 bits per heavy atom. The summed E-state index contributed by atoms with van der Waals surface area (Å²) < 4.78 is 17.8. The Morgan fingerprint density at radius 2 is 1.81 bits per heavy atom. The second-order valence-corrected chi connectivity index (χ2v) is 6.92. The summed E-state index contributed by atoms with van der Waals surface area (Å²) in [4.78, 5) is 12.2. The fourth-order valence-corrected chi connectivity index (χ4v) is 3.00. The molecule has 2 aromatic heterocycles. The van der Waals surface area contributed by atoms with Gasteiger partial charge in [-0.3, -0.25) is 4.79 Å². The van der Waals surface area contributed by atoms with Crippen LogP contribution in [0.4, 0.5) is 0 Å². The molecule has 31 heavy (non-hydrogen) atoms. The Bertz CT molecular complexity index is 1130. The van der Waals surface area contributed by atoms with Gasteiger partial charge in [-0.25, -0.2) is 0 Å². The maximum atomic E-state index is 12.2. The number of rotatable bonds is 8. The third kappa shape index (κ3) is 4.95. The van der Waals surface area contributed by atoms with E-state index in [2.05, 4.69) is 20.7 Å². The summed E-state index contributed by atoms with van der Waals surface area (Å²) in [6.07, 6.45) is 0.136. The van der Waals surface area contributed by atoms with Crippen molar-refractivity contribution in [3.8, 4) is 11.4 Å². The van der Waals surface area contributed by atoms with Crippen molar-refractivity contribution in [3.63, 3.8) is 0 Å². The lowest BCUT2D eigenvalue weighted by Gasteiger charge is -2.08. The van der Waals surface area contributed by atoms with E-state index in [1.165, 1.54) is 0 Å². The predicted molar refractivity (Wildman–Crippen MR) is 109 cm³/mol. The number of aromatic nitrogens is 5. The molecule has 0 saturated heterocycles. The van der Waals surface area contributed by atoms with Crippen molar-refractivity contribution >= 4 is 5.97 Å². The molecule has 4 aromatic rings. The van der Waals surface area contributed by atoms with Crippen LogP contribution in [-0.4, -0.2) is 31.3 Å². The molecule has 0 spiro atoms. The number of hydrogen-bond donors (Lipinski definition) is 0. The Balaban J connectivity index is 1.29. The van der Waals surface area contributed by atoms with Gasteiger partial charge in [0.05, 0.1) is 23.4 Å². The van der Waals surface area contributed by atoms with Crippen molar-refractivity contribution in [2.75, 3.05) is 0 Å². The van der Waals surface area contributed by atoms with Crippen molar-refractivity contribution < 1.29 is 18.8 Å². The third-order valence-corrected chi connectivity index (χ3v) is 4.73. The van der Waals surface area contributed by atoms with E-state index in [1.54, 1.807) is 4.68 Å². The van der Waals surface area contributed by atoms with Crippen molar-refractivity contribution in [1.82, 2.24) is 25.4 Å². The van der Waals surface area contributed by atoms with Gasteiger partial charge in [-0.2, -0.15) is 4.68 Å². The number of carbonyl (C=O) groups excluding carboxylic acids is 1. The Hall–Kier alpha value is -4.01. The molecule has 0 unspecified atom stereocenters. The van der Waals surface area contributed by atoms with E-state index in [0.29, 0.717) is 18.2 Å². The maximum absolute atomic E-state index is 12.2. The topological polar surface area (TPSA) is 105 Å². The van der Waals surface area contributed by atoms with Gasteiger partial charge in [-0.05, 0) is 54.1 Å². The van der Waals surface area contributed by atoms with Gasteiger partial charge in [0.25, 0.3) is 0 Å². The molecule has 0 fully saturated rings. The van der Waals surface area contributed by atoms with Gasteiger partial charge >= 0.3 is 5.97 Å². The highest BCUT2D eigenvalue weighted by atomic mass is 16.5. The van der Waals surface area contributed by atoms with Crippen molar-refractivity contribution in [2.45, 2.75) is 33.5 Å². The van der Waals surface area contributed by atoms with Crippen LogP contribution in [-0.2, 0) is 29.2 Å². The lowest BCUT2D eigenvalue weighted by Crippen LogP contribution is -2.11. The highest BCUT2D eigenvalue weighted by molar-refractivity contribution is 5.72. The van der Waals surface area contributed by atoms with E-state index in [1.807, 2.05) is 68.4 Å². The monoisotopic (exact) mass is 419 g/mol. The first-order valence-electron chi connectivity index (χ1n) is 9.72. The average molecular weight is 419 g/mol. The molecular weight excluding hydrogens is 398 g/mol. The molecule has 0 bridgehead atoms. The van der Waals surface area contributed by atoms with E-state index >= 15 is 0 Å². The summed E-state index contributed by atoms with van der Waals surface area (Å²) in [5.74, 6) is 1.52. The van der Waals surface area contributed by atoms with E-state index < -0.39 is 0 Å². The zero-order chi connectivity index (χ0) is 21.6. The molecule has 0 N–H and O–H groups in total. The normalized spacial score (nSPS) is 10.8. The summed E-state index contributed by atoms with van der Waals surface area (Å²) in [5, 5.41) is 15.5. The van der Waals surface area contributed by atoms with Crippen molar-refractivity contribution in [2.24, 2.45) is 0 Å². The minimum atomic E-state index is -0.369. The Labute approximate surface area is 178 Å². The van der Waals surface area contributed by atoms with Crippen LogP contribution in [0.5, 0.6) is 5.75 Å². The summed E-state index contributed by atoms with van der Waals surface area (Å²) >= 11 is 0. The third-order valence-electron chi connectivity index (χ3n) is 4.73. The first-order valence-corrected chi connectivity index (χ1v) is 9.72. The molecule has 2 heterocycles. The van der Waals surface area contributed by atoms with Crippen LogP contribution in [0.25, 0.3) is 5.69 Å². The van der Waals surface area contributed by atoms with Gasteiger partial charge in [-0.15, -0.1) is 5.10 Å². The van der Waals surface area contributed by atoms with E-state index in [0.717, 1.165) is 28.3 Å². The largest absolute Gasteiger partial charge is 0.489 e. The smallest absolute Gasteiger partial charge is 0.310 e. The predicted octanol–water partition coefficient (Wildman–Crippen LogP) is 3.13. The number of carbonyl (C=O) groups is 1. The highest BCUT2D eigenvalue weighted by Gasteiger charge is 2.12. The number of hydrogen-bond acceptors (Lipinski definition) is 8. The van der Waals surface area contributed by atoms with Crippen LogP contribution < -0.4 is 4.74 Å². The standard InChI is InChI=1S/C22H21N5O4/c1-15-20(16(2)31-24-15)13-29-19-10-8-17(9-11-19)12-22(28)30-14-21-23-25-26-27(21)18-6-4-3-5-7-18/h3-11H,12-14H2,1-2H3. The van der Waals surface area contributed by atoms with Crippen LogP contribution in [0.2, 0.25) is 0 Å². The molecule has 9 nitrogen and oxygen atoms in total. The molecule has 0 saturated carbocycles. The first kappa shape index (κ1) is 20.3. The quantitative estimate of drug-likeness (QED) is 0.401. The SMILES string of the molecule is Cc1noc(C)c1COc1ccc(CC(=O)OCc2nnnn2-c2ccccc2)cc1. The first-order chi connectivity index (χ1) is 15.1. The second kappa shape index (κ2) is 9.21. The van der Waals surface area contributed by atoms with E-state index in [-0.39, 0.29) is 19.0 Å². The highest BCUT2D eigenvalue weighted by Crippen LogP contribution is 2.18. The number of ether oxygens (including phenoxy) is 2. The molecule has 0 atom stereocenters. The van der Waals surface area contributed by atoms with Gasteiger partial charge < -0.3 is 14.0 Å². The molecule has 0 aliphatic rings. The fraction of sp³-hybridized carbons (Fsp3) is 0.227. The van der Waals surface area contributed by atoms with E-state index in [4.69, 9.17) is 14.0 Å². The number of nitrogens with zero attached hydrogens (tertiary/aromatic N) is 5. The van der Waals surface area contributed by atoms with Gasteiger partial charge in [0.1, 0.15) is 18.1 Å². The Kier molecular flexibility index (Phi) is 6.02. The lowest BCUT2D eigenvalue weighted by atomic mass is 10.1. The zero-order valence-electron chi connectivity index (χ0n) is 17.2. The van der Waals surface area contributed by atoms with Gasteiger partial charge in [-0.1, -0.05) is 35.5 Å². The van der Waals surface area contributed by atoms with E-state index in [9.17, 15) is 4.79 Å². The van der Waals surface area contributed by atoms with Gasteiger partial charge in [0.2, 0.25) is 0 Å². The number of aryl methyl sites for hydroxylation is 2. The molecule has 4 rings (SSSR count). The zero-order valence-corrected chi connectivity index (χ0v) is 17.2. The fourth-order valence-electron chi connectivity index (χ4n) is 3.00. The number of para-hydroxylation sites is 1. The second-order valence-electron chi connectivity index (χ2n) is 6.92. The van der Waals surface area contributed by atoms with Crippen LogP contribution in [0, 0.1) is 13.8 Å². The summed E-state index contributed by atoms with van der Waals surface area (Å²) in [5.41, 5.74) is 3.36. The number of tetrazole rings is 1. The molecule has 0 amide bonds. The van der Waals surface area contributed by atoms with Crippen molar-refractivity contribution in [1.29, 1.82) is 0 Å². The number of benzene rings is 2. The summed E-state index contributed by atoms with van der Waals surface area (Å²) in [7, 11) is 0. The molecule has 2 aromatic carbocycles. The van der Waals surface area contributed by atoms with Gasteiger partial charge in [0, 0.05) is 0 Å². The number of esters is 1. The van der Waals surface area contributed by atoms with Crippen molar-refractivity contribution in [3.05, 3.63) is 83.0 Å². The van der Waals surface area contributed by atoms with Crippen LogP contribution in [0.1, 0.15) is 28.4 Å². The van der Waals surface area contributed by atoms with Crippen LogP contribution in [0.15, 0.2) is 59.1 Å². The van der Waals surface area contributed by atoms with Crippen LogP contribution in [0.3, 0.4) is 0 Å². The minimum Gasteiger partial charge on any atom is -0.489 e. The molecule has 0 aliphatic heterocycles. The molecule has 9 heteroatoms. The molecule has 0 aliphatic carbocycles. The maximum Gasteiger partial charge on any atom is 0.310 e. The molecule has 0 radical (unpaired) electrons. The molecular formula is C22H21N5O4. The minimum absolute atomic E-state index is 0.0145. The summed E-state index contributed by atoms with van der Waals surface area (Å²) in [6.45, 7) is 4.09. The lowest BCUT2D eigenvalue weighted by molar-refractivity contribution is -0.144. The molecule has 158 valence electrons. The van der Waals surface area contributed by atoms with Gasteiger partial charge in [0.15, 0.2) is 12.4 Å².